The number of hydrogen-bond donors (Lipinski definition) is 2. The zero-order chi connectivity index (χ0) is 22.8. The molecule has 31 heavy (non-hydrogen) atoms. The van der Waals surface area contributed by atoms with Crippen LogP contribution in [0.3, 0.4) is 0 Å². The highest BCUT2D eigenvalue weighted by Gasteiger charge is 2.29. The molecule has 0 aliphatic heterocycles. The minimum absolute atomic E-state index is 0.0901. The average molecular weight is 491 g/mol. The molecule has 0 saturated heterocycles. The molecular weight excluding hydrogens is 464 g/mol. The number of alkyl carbamates (subject to hydrolysis) is 1. The van der Waals surface area contributed by atoms with E-state index in [1.807, 2.05) is 54.6 Å². The summed E-state index contributed by atoms with van der Waals surface area (Å²) in [6.07, 6.45) is -0.458. The molecule has 2 N–H and O–H groups in total. The summed E-state index contributed by atoms with van der Waals surface area (Å²) >= 11 is 3.39. The first-order valence-corrected chi connectivity index (χ1v) is 10.7. The van der Waals surface area contributed by atoms with E-state index in [2.05, 4.69) is 26.6 Å². The van der Waals surface area contributed by atoms with Crippen molar-refractivity contribution < 1.29 is 23.9 Å². The Bertz CT molecular complexity index is 889. The number of esters is 1. The smallest absolute Gasteiger partial charge is 0.408 e. The minimum Gasteiger partial charge on any atom is -0.467 e. The van der Waals surface area contributed by atoms with E-state index < -0.39 is 30.1 Å². The van der Waals surface area contributed by atoms with Gasteiger partial charge < -0.3 is 20.1 Å². The van der Waals surface area contributed by atoms with Gasteiger partial charge in [-0.1, -0.05) is 72.2 Å². The molecule has 0 unspecified atom stereocenters. The quantitative estimate of drug-likeness (QED) is 0.523. The van der Waals surface area contributed by atoms with E-state index in [9.17, 15) is 14.4 Å². The highest BCUT2D eigenvalue weighted by molar-refractivity contribution is 9.10. The standard InChI is InChI=1S/C23H27BrN2O5/c1-15(2)20(26-23(29)31-14-16-8-5-4-6-9-16)21(27)25-19(22(28)30-3)13-17-10-7-11-18(24)12-17/h4-12,15,19-20H,13-14H2,1-3H3,(H,25,27)(H,26,29)/t19-,20-/m0/s1. The van der Waals surface area contributed by atoms with Crippen LogP contribution in [0.1, 0.15) is 25.0 Å². The molecule has 166 valence electrons. The summed E-state index contributed by atoms with van der Waals surface area (Å²) in [5, 5.41) is 5.29. The van der Waals surface area contributed by atoms with Crippen molar-refractivity contribution in [3.8, 4) is 0 Å². The Morgan fingerprint density at radius 2 is 1.65 bits per heavy atom. The van der Waals surface area contributed by atoms with Gasteiger partial charge in [0.2, 0.25) is 5.91 Å². The van der Waals surface area contributed by atoms with Crippen LogP contribution in [-0.4, -0.2) is 37.2 Å². The second-order valence-corrected chi connectivity index (χ2v) is 8.26. The summed E-state index contributed by atoms with van der Waals surface area (Å²) in [4.78, 5) is 37.4. The number of rotatable bonds is 9. The molecule has 7 nitrogen and oxygen atoms in total. The number of hydrogen-bond acceptors (Lipinski definition) is 5. The van der Waals surface area contributed by atoms with E-state index >= 15 is 0 Å². The topological polar surface area (TPSA) is 93.7 Å². The van der Waals surface area contributed by atoms with Gasteiger partial charge in [-0.2, -0.15) is 0 Å². The highest BCUT2D eigenvalue weighted by atomic mass is 79.9. The monoisotopic (exact) mass is 490 g/mol. The van der Waals surface area contributed by atoms with Crippen molar-refractivity contribution in [2.45, 2.75) is 39.0 Å². The Kier molecular flexibility index (Phi) is 9.52. The molecule has 8 heteroatoms. The number of ether oxygens (including phenoxy) is 2. The summed E-state index contributed by atoms with van der Waals surface area (Å²) in [5.41, 5.74) is 1.68. The van der Waals surface area contributed by atoms with Crippen LogP contribution in [-0.2, 0) is 32.1 Å². The largest absolute Gasteiger partial charge is 0.467 e. The number of benzene rings is 2. The van der Waals surface area contributed by atoms with Crippen molar-refractivity contribution in [3.05, 3.63) is 70.2 Å². The first kappa shape index (κ1) is 24.4. The minimum atomic E-state index is -0.893. The second kappa shape index (κ2) is 12.1. The van der Waals surface area contributed by atoms with Crippen LogP contribution < -0.4 is 10.6 Å². The first-order valence-electron chi connectivity index (χ1n) is 9.90. The molecule has 0 spiro atoms. The van der Waals surface area contributed by atoms with Gasteiger partial charge in [0.1, 0.15) is 18.7 Å². The van der Waals surface area contributed by atoms with Crippen molar-refractivity contribution in [2.24, 2.45) is 5.92 Å². The maximum absolute atomic E-state index is 12.9. The van der Waals surface area contributed by atoms with Crippen molar-refractivity contribution in [1.29, 1.82) is 0 Å². The molecule has 0 radical (unpaired) electrons. The van der Waals surface area contributed by atoms with Crippen molar-refractivity contribution >= 4 is 33.9 Å². The lowest BCUT2D eigenvalue weighted by Gasteiger charge is -2.24. The zero-order valence-electron chi connectivity index (χ0n) is 17.8. The molecule has 2 amide bonds. The Labute approximate surface area is 190 Å². The number of methoxy groups -OCH3 is 1. The van der Waals surface area contributed by atoms with E-state index in [0.29, 0.717) is 0 Å². The number of halogens is 1. The molecule has 0 heterocycles. The molecular formula is C23H27BrN2O5. The van der Waals surface area contributed by atoms with Crippen molar-refractivity contribution in [1.82, 2.24) is 10.6 Å². The molecule has 2 atom stereocenters. The van der Waals surface area contributed by atoms with Gasteiger partial charge in [0.05, 0.1) is 7.11 Å². The van der Waals surface area contributed by atoms with Crippen LogP contribution in [0.15, 0.2) is 59.1 Å². The summed E-state index contributed by atoms with van der Waals surface area (Å²) in [5.74, 6) is -1.28. The molecule has 2 rings (SSSR count). The van der Waals surface area contributed by atoms with E-state index in [-0.39, 0.29) is 18.9 Å². The predicted octanol–water partition coefficient (Wildman–Crippen LogP) is 3.60. The van der Waals surface area contributed by atoms with Gasteiger partial charge in [-0.15, -0.1) is 0 Å². The second-order valence-electron chi connectivity index (χ2n) is 7.35. The molecule has 2 aromatic carbocycles. The Hall–Kier alpha value is -2.87. The molecule has 0 aliphatic rings. The molecule has 2 aromatic rings. The van der Waals surface area contributed by atoms with Crippen LogP contribution in [0.2, 0.25) is 0 Å². The maximum atomic E-state index is 12.9. The van der Waals surface area contributed by atoms with Crippen LogP contribution >= 0.6 is 15.9 Å². The SMILES string of the molecule is COC(=O)[C@H](Cc1cccc(Br)c1)NC(=O)[C@@H](NC(=O)OCc1ccccc1)C(C)C. The Morgan fingerprint density at radius 1 is 0.968 bits per heavy atom. The van der Waals surface area contributed by atoms with E-state index in [1.54, 1.807) is 13.8 Å². The Balaban J connectivity index is 2.02. The lowest BCUT2D eigenvalue weighted by atomic mass is 10.0. The van der Waals surface area contributed by atoms with Gasteiger partial charge in [0.15, 0.2) is 0 Å². The van der Waals surface area contributed by atoms with Crippen LogP contribution in [0.5, 0.6) is 0 Å². The molecule has 0 aliphatic carbocycles. The van der Waals surface area contributed by atoms with Gasteiger partial charge in [-0.25, -0.2) is 9.59 Å². The normalized spacial score (nSPS) is 12.5. The number of carbonyl (C=O) groups excluding carboxylic acids is 3. The third-order valence-corrected chi connectivity index (χ3v) is 5.06. The van der Waals surface area contributed by atoms with Crippen LogP contribution in [0, 0.1) is 5.92 Å². The van der Waals surface area contributed by atoms with Crippen LogP contribution in [0.4, 0.5) is 4.79 Å². The Morgan fingerprint density at radius 3 is 2.26 bits per heavy atom. The summed E-state index contributed by atoms with van der Waals surface area (Å²) in [7, 11) is 1.27. The van der Waals surface area contributed by atoms with Crippen LogP contribution in [0.25, 0.3) is 0 Å². The summed E-state index contributed by atoms with van der Waals surface area (Å²) < 4.78 is 10.9. The third-order valence-electron chi connectivity index (χ3n) is 4.57. The molecule has 0 fully saturated rings. The molecule has 0 saturated carbocycles. The molecule has 0 aromatic heterocycles. The van der Waals surface area contributed by atoms with E-state index in [0.717, 1.165) is 15.6 Å². The lowest BCUT2D eigenvalue weighted by molar-refractivity contribution is -0.145. The average Bonchev–Trinajstić information content (AvgIpc) is 2.75. The maximum Gasteiger partial charge on any atom is 0.408 e. The van der Waals surface area contributed by atoms with Gasteiger partial charge in [-0.05, 0) is 29.2 Å². The number of amides is 2. The predicted molar refractivity (Wildman–Crippen MR) is 120 cm³/mol. The number of nitrogens with one attached hydrogen (secondary N) is 2. The fourth-order valence-electron chi connectivity index (χ4n) is 2.92. The van der Waals surface area contributed by atoms with Crippen molar-refractivity contribution in [3.63, 3.8) is 0 Å². The fourth-order valence-corrected chi connectivity index (χ4v) is 3.37. The number of carbonyl (C=O) groups is 3. The summed E-state index contributed by atoms with van der Waals surface area (Å²) in [6.45, 7) is 3.68. The lowest BCUT2D eigenvalue weighted by Crippen LogP contribution is -2.54. The van der Waals surface area contributed by atoms with Gasteiger partial charge in [0, 0.05) is 10.9 Å². The van der Waals surface area contributed by atoms with Gasteiger partial charge in [-0.3, -0.25) is 4.79 Å². The fraction of sp³-hybridized carbons (Fsp3) is 0.348. The zero-order valence-corrected chi connectivity index (χ0v) is 19.3. The summed E-state index contributed by atoms with van der Waals surface area (Å²) in [6, 6.07) is 14.9. The molecule has 0 bridgehead atoms. The highest BCUT2D eigenvalue weighted by Crippen LogP contribution is 2.14. The van der Waals surface area contributed by atoms with Gasteiger partial charge in [0.25, 0.3) is 0 Å². The van der Waals surface area contributed by atoms with Gasteiger partial charge >= 0.3 is 12.1 Å². The van der Waals surface area contributed by atoms with E-state index in [1.165, 1.54) is 7.11 Å². The third kappa shape index (κ3) is 8.05. The van der Waals surface area contributed by atoms with E-state index in [4.69, 9.17) is 9.47 Å². The van der Waals surface area contributed by atoms with Crippen molar-refractivity contribution in [2.75, 3.05) is 7.11 Å². The first-order chi connectivity index (χ1) is 14.8.